The molecule has 5 heteroatoms. The van der Waals surface area contributed by atoms with Gasteiger partial charge in [-0.05, 0) is 23.8 Å². The van der Waals surface area contributed by atoms with Gasteiger partial charge < -0.3 is 10.1 Å². The molecule has 0 fully saturated rings. The summed E-state index contributed by atoms with van der Waals surface area (Å²) in [6, 6.07) is 11.2. The normalized spacial score (nSPS) is 10.5. The largest absolute Gasteiger partial charge is 0.373 e. The molecule has 0 aliphatic rings. The first kappa shape index (κ1) is 14.1. The second-order valence-corrected chi connectivity index (χ2v) is 4.77. The molecule has 100 valence electrons. The Morgan fingerprint density at radius 1 is 1.05 bits per heavy atom. The molecule has 0 amide bonds. The zero-order valence-corrected chi connectivity index (χ0v) is 12.0. The van der Waals surface area contributed by atoms with E-state index in [1.54, 1.807) is 6.07 Å². The van der Waals surface area contributed by atoms with Crippen LogP contribution in [0.15, 0.2) is 36.4 Å². The van der Waals surface area contributed by atoms with E-state index in [-0.39, 0.29) is 0 Å². The molecule has 0 radical (unpaired) electrons. The lowest BCUT2D eigenvalue weighted by atomic mass is 10.2. The minimum Gasteiger partial charge on any atom is -0.373 e. The van der Waals surface area contributed by atoms with Crippen LogP contribution >= 0.6 is 23.2 Å². The van der Waals surface area contributed by atoms with Crippen molar-refractivity contribution in [1.82, 2.24) is 4.98 Å². The Hall–Kier alpha value is -1.29. The number of nitrogens with zero attached hydrogens (tertiary/aromatic N) is 1. The summed E-state index contributed by atoms with van der Waals surface area (Å²) in [5.41, 5.74) is 1.66. The van der Waals surface area contributed by atoms with Crippen molar-refractivity contribution in [2.45, 2.75) is 13.2 Å². The summed E-state index contributed by atoms with van der Waals surface area (Å²) in [7, 11) is 1.81. The molecule has 0 bridgehead atoms. The highest BCUT2D eigenvalue weighted by molar-refractivity contribution is 6.31. The van der Waals surface area contributed by atoms with Gasteiger partial charge in [-0.2, -0.15) is 0 Å². The van der Waals surface area contributed by atoms with Gasteiger partial charge >= 0.3 is 0 Å². The number of halogens is 2. The Kier molecular flexibility index (Phi) is 5.02. The third-order valence-electron chi connectivity index (χ3n) is 2.63. The number of hydrogen-bond acceptors (Lipinski definition) is 3. The number of nitrogens with one attached hydrogen (secondary N) is 1. The van der Waals surface area contributed by atoms with Crippen molar-refractivity contribution in [3.63, 3.8) is 0 Å². The molecule has 0 aliphatic carbocycles. The number of ether oxygens (including phenoxy) is 1. The number of rotatable bonds is 5. The lowest BCUT2D eigenvalue weighted by Gasteiger charge is -2.08. The van der Waals surface area contributed by atoms with Gasteiger partial charge in [0.25, 0.3) is 0 Å². The first-order valence-electron chi connectivity index (χ1n) is 5.85. The first-order chi connectivity index (χ1) is 9.20. The van der Waals surface area contributed by atoms with Crippen LogP contribution in [0.4, 0.5) is 5.82 Å². The Morgan fingerprint density at radius 3 is 2.58 bits per heavy atom. The molecular weight excluding hydrogens is 283 g/mol. The molecule has 0 atom stereocenters. The molecule has 3 nitrogen and oxygen atoms in total. The second kappa shape index (κ2) is 6.75. The summed E-state index contributed by atoms with van der Waals surface area (Å²) < 4.78 is 5.61. The highest BCUT2D eigenvalue weighted by atomic mass is 35.5. The van der Waals surface area contributed by atoms with Gasteiger partial charge in [0.15, 0.2) is 0 Å². The van der Waals surface area contributed by atoms with Crippen LogP contribution in [0.3, 0.4) is 0 Å². The summed E-state index contributed by atoms with van der Waals surface area (Å²) in [5.74, 6) is 0.765. The molecule has 2 aromatic rings. The van der Waals surface area contributed by atoms with Crippen LogP contribution < -0.4 is 5.32 Å². The highest BCUT2D eigenvalue weighted by Gasteiger charge is 2.05. The SMILES string of the molecule is CNc1ccc(Cl)c(COCc2ccccc2Cl)n1. The zero-order valence-electron chi connectivity index (χ0n) is 10.5. The quantitative estimate of drug-likeness (QED) is 0.900. The topological polar surface area (TPSA) is 34.1 Å². The van der Waals surface area contributed by atoms with E-state index in [4.69, 9.17) is 27.9 Å². The van der Waals surface area contributed by atoms with Gasteiger partial charge in [-0.25, -0.2) is 4.98 Å². The molecule has 19 heavy (non-hydrogen) atoms. The van der Waals surface area contributed by atoms with Crippen molar-refractivity contribution < 1.29 is 4.74 Å². The third-order valence-corrected chi connectivity index (χ3v) is 3.34. The van der Waals surface area contributed by atoms with Gasteiger partial charge in [-0.15, -0.1) is 0 Å². The zero-order chi connectivity index (χ0) is 13.7. The van der Waals surface area contributed by atoms with Gasteiger partial charge in [0.1, 0.15) is 5.82 Å². The number of anilines is 1. The Labute approximate surface area is 122 Å². The fourth-order valence-electron chi connectivity index (χ4n) is 1.60. The summed E-state index contributed by atoms with van der Waals surface area (Å²) >= 11 is 12.1. The number of pyridine rings is 1. The minimum atomic E-state index is 0.347. The first-order valence-corrected chi connectivity index (χ1v) is 6.60. The lowest BCUT2D eigenvalue weighted by Crippen LogP contribution is -2.01. The van der Waals surface area contributed by atoms with Crippen LogP contribution in [0.2, 0.25) is 10.0 Å². The molecule has 1 aromatic heterocycles. The van der Waals surface area contributed by atoms with Crippen LogP contribution in [0, 0.1) is 0 Å². The molecule has 1 heterocycles. The van der Waals surface area contributed by atoms with Gasteiger partial charge in [0, 0.05) is 12.1 Å². The average Bonchev–Trinajstić information content (AvgIpc) is 2.43. The van der Waals surface area contributed by atoms with Crippen molar-refractivity contribution in [3.05, 3.63) is 57.7 Å². The van der Waals surface area contributed by atoms with Crippen molar-refractivity contribution in [3.8, 4) is 0 Å². The summed E-state index contributed by atoms with van der Waals surface area (Å²) in [4.78, 5) is 4.34. The predicted octanol–water partition coefficient (Wildman–Crippen LogP) is 4.15. The van der Waals surface area contributed by atoms with Gasteiger partial charge in [-0.3, -0.25) is 0 Å². The van der Waals surface area contributed by atoms with E-state index in [2.05, 4.69) is 10.3 Å². The molecule has 0 saturated heterocycles. The van der Waals surface area contributed by atoms with Crippen LogP contribution in [0.25, 0.3) is 0 Å². The second-order valence-electron chi connectivity index (χ2n) is 3.96. The molecule has 0 aliphatic heterocycles. The van der Waals surface area contributed by atoms with Gasteiger partial charge in [0.05, 0.1) is 23.9 Å². The smallest absolute Gasteiger partial charge is 0.126 e. The average molecular weight is 297 g/mol. The number of aromatic nitrogens is 1. The van der Waals surface area contributed by atoms with E-state index in [1.165, 1.54) is 0 Å². The van der Waals surface area contributed by atoms with Crippen LogP contribution in [-0.2, 0) is 18.0 Å². The molecular formula is C14H14Cl2N2O. The van der Waals surface area contributed by atoms with Crippen LogP contribution in [0.5, 0.6) is 0 Å². The fourth-order valence-corrected chi connectivity index (χ4v) is 1.95. The van der Waals surface area contributed by atoms with Crippen LogP contribution in [0.1, 0.15) is 11.3 Å². The van der Waals surface area contributed by atoms with Crippen molar-refractivity contribution in [1.29, 1.82) is 0 Å². The third kappa shape index (κ3) is 3.83. The van der Waals surface area contributed by atoms with Crippen molar-refractivity contribution >= 4 is 29.0 Å². The van der Waals surface area contributed by atoms with Crippen molar-refractivity contribution in [2.24, 2.45) is 0 Å². The summed E-state index contributed by atoms with van der Waals surface area (Å²) in [6.45, 7) is 0.779. The maximum Gasteiger partial charge on any atom is 0.126 e. The Balaban J connectivity index is 1.98. The maximum atomic E-state index is 6.07. The Morgan fingerprint density at radius 2 is 1.84 bits per heavy atom. The molecule has 1 N–H and O–H groups in total. The molecule has 0 unspecified atom stereocenters. The fraction of sp³-hybridized carbons (Fsp3) is 0.214. The van der Waals surface area contributed by atoms with Gasteiger partial charge in [0.2, 0.25) is 0 Å². The molecule has 2 rings (SSSR count). The molecule has 0 spiro atoms. The predicted molar refractivity (Wildman–Crippen MR) is 78.7 cm³/mol. The monoisotopic (exact) mass is 296 g/mol. The Bertz CT molecular complexity index is 561. The van der Waals surface area contributed by atoms with E-state index in [1.807, 2.05) is 37.4 Å². The minimum absolute atomic E-state index is 0.347. The van der Waals surface area contributed by atoms with E-state index in [0.717, 1.165) is 11.4 Å². The highest BCUT2D eigenvalue weighted by Crippen LogP contribution is 2.19. The van der Waals surface area contributed by atoms with Gasteiger partial charge in [-0.1, -0.05) is 41.4 Å². The van der Waals surface area contributed by atoms with E-state index >= 15 is 0 Å². The van der Waals surface area contributed by atoms with E-state index < -0.39 is 0 Å². The molecule has 0 saturated carbocycles. The van der Waals surface area contributed by atoms with E-state index in [9.17, 15) is 0 Å². The standard InChI is InChI=1S/C14H14Cl2N2O/c1-17-14-7-6-12(16)13(18-14)9-19-8-10-4-2-3-5-11(10)15/h2-7H,8-9H2,1H3,(H,17,18). The molecule has 1 aromatic carbocycles. The summed E-state index contributed by atoms with van der Waals surface area (Å²) in [5, 5.41) is 4.26. The maximum absolute atomic E-state index is 6.07. The van der Waals surface area contributed by atoms with Crippen molar-refractivity contribution in [2.75, 3.05) is 12.4 Å². The number of benzene rings is 1. The lowest BCUT2D eigenvalue weighted by molar-refractivity contribution is 0.105. The van der Waals surface area contributed by atoms with Crippen LogP contribution in [-0.4, -0.2) is 12.0 Å². The van der Waals surface area contributed by atoms with E-state index in [0.29, 0.717) is 29.0 Å². The number of hydrogen-bond donors (Lipinski definition) is 1. The summed E-state index contributed by atoms with van der Waals surface area (Å²) in [6.07, 6.45) is 0.